The number of hydrogen-bond acceptors (Lipinski definition) is 6. The van der Waals surface area contributed by atoms with Gasteiger partial charge in [0.1, 0.15) is 11.4 Å². The summed E-state index contributed by atoms with van der Waals surface area (Å²) < 4.78 is 5.03. The molecular weight excluding hydrogens is 294 g/mol. The third-order valence-electron chi connectivity index (χ3n) is 3.47. The number of carbonyl (C=O) groups excluding carboxylic acids is 1. The summed E-state index contributed by atoms with van der Waals surface area (Å²) in [5.41, 5.74) is 2.16. The number of rotatable bonds is 3. The van der Waals surface area contributed by atoms with Gasteiger partial charge in [-0.2, -0.15) is 4.98 Å². The molecule has 0 bridgehead atoms. The Morgan fingerprint density at radius 1 is 1.17 bits per heavy atom. The van der Waals surface area contributed by atoms with E-state index in [-0.39, 0.29) is 17.4 Å². The summed E-state index contributed by atoms with van der Waals surface area (Å²) in [6.07, 6.45) is 4.55. The fourth-order valence-corrected chi connectivity index (χ4v) is 2.35. The van der Waals surface area contributed by atoms with Crippen molar-refractivity contribution in [1.82, 2.24) is 25.1 Å². The van der Waals surface area contributed by atoms with Crippen molar-refractivity contribution in [3.8, 4) is 11.6 Å². The van der Waals surface area contributed by atoms with Crippen molar-refractivity contribution in [2.45, 2.75) is 6.92 Å². The Morgan fingerprint density at radius 2 is 2.04 bits per heavy atom. The summed E-state index contributed by atoms with van der Waals surface area (Å²) in [7, 11) is 0. The van der Waals surface area contributed by atoms with Gasteiger partial charge in [-0.25, -0.2) is 9.97 Å². The monoisotopic (exact) mass is 305 g/mol. The van der Waals surface area contributed by atoms with Gasteiger partial charge in [0.25, 0.3) is 5.89 Å². The number of nitrogens with zero attached hydrogens (tertiary/aromatic N) is 4. The van der Waals surface area contributed by atoms with E-state index < -0.39 is 0 Å². The van der Waals surface area contributed by atoms with Gasteiger partial charge in [0.15, 0.2) is 5.82 Å². The van der Waals surface area contributed by atoms with E-state index in [4.69, 9.17) is 4.52 Å². The molecule has 0 radical (unpaired) electrons. The van der Waals surface area contributed by atoms with Gasteiger partial charge < -0.3 is 9.51 Å². The van der Waals surface area contributed by atoms with Gasteiger partial charge in [0, 0.05) is 22.7 Å². The maximum atomic E-state index is 12.6. The van der Waals surface area contributed by atoms with Crippen LogP contribution in [0.4, 0.5) is 0 Å². The van der Waals surface area contributed by atoms with Crippen LogP contribution in [0.2, 0.25) is 0 Å². The van der Waals surface area contributed by atoms with Gasteiger partial charge in [0.05, 0.1) is 12.4 Å². The van der Waals surface area contributed by atoms with E-state index in [1.54, 1.807) is 13.1 Å². The van der Waals surface area contributed by atoms with Crippen molar-refractivity contribution >= 4 is 16.7 Å². The summed E-state index contributed by atoms with van der Waals surface area (Å²) in [5, 5.41) is 4.56. The molecule has 0 spiro atoms. The van der Waals surface area contributed by atoms with Crippen LogP contribution in [0.5, 0.6) is 0 Å². The molecule has 0 atom stereocenters. The first-order valence-corrected chi connectivity index (χ1v) is 6.96. The van der Waals surface area contributed by atoms with Crippen molar-refractivity contribution in [2.75, 3.05) is 0 Å². The minimum absolute atomic E-state index is 0.191. The largest absolute Gasteiger partial charge is 0.360 e. The lowest BCUT2D eigenvalue weighted by molar-refractivity contribution is 0.103. The molecule has 1 N–H and O–H groups in total. The van der Waals surface area contributed by atoms with E-state index in [0.717, 1.165) is 10.9 Å². The van der Waals surface area contributed by atoms with E-state index >= 15 is 0 Å². The van der Waals surface area contributed by atoms with Gasteiger partial charge >= 0.3 is 0 Å². The topological polar surface area (TPSA) is 97.6 Å². The lowest BCUT2D eigenvalue weighted by Crippen LogP contribution is -2.04. The van der Waals surface area contributed by atoms with Crippen LogP contribution in [-0.2, 0) is 0 Å². The van der Waals surface area contributed by atoms with E-state index in [9.17, 15) is 4.79 Å². The van der Waals surface area contributed by atoms with Crippen LogP contribution in [0.15, 0.2) is 47.4 Å². The first-order chi connectivity index (χ1) is 11.2. The number of fused-ring (bicyclic) bond motifs is 1. The number of benzene rings is 1. The fraction of sp³-hybridized carbons (Fsp3) is 0.0625. The normalized spacial score (nSPS) is 11.0. The molecule has 0 saturated heterocycles. The molecule has 0 amide bonds. The molecule has 3 heterocycles. The smallest absolute Gasteiger partial charge is 0.278 e. The molecule has 23 heavy (non-hydrogen) atoms. The molecule has 112 valence electrons. The second-order valence-electron chi connectivity index (χ2n) is 5.01. The number of aryl methyl sites for hydroxylation is 1. The molecule has 0 unspecified atom stereocenters. The van der Waals surface area contributed by atoms with Crippen LogP contribution in [0, 0.1) is 6.92 Å². The Labute approximate surface area is 130 Å². The number of H-pyrrole nitrogens is 1. The minimum Gasteiger partial charge on any atom is -0.360 e. The highest BCUT2D eigenvalue weighted by atomic mass is 16.5. The second-order valence-corrected chi connectivity index (χ2v) is 5.01. The lowest BCUT2D eigenvalue weighted by Gasteiger charge is -1.99. The van der Waals surface area contributed by atoms with Crippen LogP contribution in [0.3, 0.4) is 0 Å². The summed E-state index contributed by atoms with van der Waals surface area (Å²) >= 11 is 0. The maximum Gasteiger partial charge on any atom is 0.278 e. The molecule has 4 rings (SSSR count). The predicted octanol–water partition coefficient (Wildman–Crippen LogP) is 2.55. The highest BCUT2D eigenvalue weighted by molar-refractivity contribution is 6.15. The second kappa shape index (κ2) is 5.13. The number of hydrogen-bond donors (Lipinski definition) is 1. The molecule has 0 aliphatic rings. The summed E-state index contributed by atoms with van der Waals surface area (Å²) in [6.45, 7) is 1.72. The van der Waals surface area contributed by atoms with Crippen molar-refractivity contribution in [3.05, 3.63) is 59.9 Å². The van der Waals surface area contributed by atoms with Crippen molar-refractivity contribution < 1.29 is 9.32 Å². The van der Waals surface area contributed by atoms with E-state index in [1.165, 1.54) is 12.4 Å². The summed E-state index contributed by atoms with van der Waals surface area (Å²) in [6, 6.07) is 7.61. The van der Waals surface area contributed by atoms with Crippen LogP contribution >= 0.6 is 0 Å². The molecule has 3 aromatic heterocycles. The molecule has 1 aromatic carbocycles. The quantitative estimate of drug-likeness (QED) is 0.584. The maximum absolute atomic E-state index is 12.6. The van der Waals surface area contributed by atoms with Gasteiger partial charge in [-0.05, 0) is 13.0 Å². The Morgan fingerprint density at radius 3 is 2.78 bits per heavy atom. The standard InChI is InChI=1S/C16H11N5O2/c1-9-20-16(23-21-9)14-8-18-13(7-19-14)15(22)11-6-17-12-5-3-2-4-10(11)12/h2-8,17H,1H3. The van der Waals surface area contributed by atoms with Crippen LogP contribution in [-0.4, -0.2) is 30.9 Å². The Balaban J connectivity index is 1.69. The third kappa shape index (κ3) is 2.28. The highest BCUT2D eigenvalue weighted by Crippen LogP contribution is 2.20. The zero-order valence-corrected chi connectivity index (χ0v) is 12.1. The zero-order valence-electron chi connectivity index (χ0n) is 12.1. The van der Waals surface area contributed by atoms with Crippen LogP contribution < -0.4 is 0 Å². The van der Waals surface area contributed by atoms with Crippen molar-refractivity contribution in [1.29, 1.82) is 0 Å². The molecule has 0 fully saturated rings. The molecule has 4 aromatic rings. The number of nitrogens with one attached hydrogen (secondary N) is 1. The molecule has 0 aliphatic heterocycles. The number of aromatic nitrogens is 5. The zero-order chi connectivity index (χ0) is 15.8. The van der Waals surface area contributed by atoms with Crippen LogP contribution in [0.25, 0.3) is 22.5 Å². The fourth-order valence-electron chi connectivity index (χ4n) is 2.35. The van der Waals surface area contributed by atoms with Gasteiger partial charge in [-0.3, -0.25) is 4.79 Å². The number of carbonyl (C=O) groups is 1. The average Bonchev–Trinajstić information content (AvgIpc) is 3.21. The van der Waals surface area contributed by atoms with Gasteiger partial charge in [-0.1, -0.05) is 23.4 Å². The summed E-state index contributed by atoms with van der Waals surface area (Å²) in [4.78, 5) is 28.1. The molecule has 7 nitrogen and oxygen atoms in total. The minimum atomic E-state index is -0.191. The SMILES string of the molecule is Cc1noc(-c2cnc(C(=O)c3c[nH]c4ccccc34)cn2)n1. The first kappa shape index (κ1) is 13.3. The van der Waals surface area contributed by atoms with E-state index in [1.807, 2.05) is 24.3 Å². The van der Waals surface area contributed by atoms with Crippen molar-refractivity contribution in [3.63, 3.8) is 0 Å². The molecule has 0 saturated carbocycles. The summed E-state index contributed by atoms with van der Waals surface area (Å²) in [5.74, 6) is 0.602. The number of aromatic amines is 1. The van der Waals surface area contributed by atoms with Crippen molar-refractivity contribution in [2.24, 2.45) is 0 Å². The average molecular weight is 305 g/mol. The molecular formula is C16H11N5O2. The van der Waals surface area contributed by atoms with E-state index in [0.29, 0.717) is 17.1 Å². The Hall–Kier alpha value is -3.35. The Kier molecular flexibility index (Phi) is 2.97. The highest BCUT2D eigenvalue weighted by Gasteiger charge is 2.16. The molecule has 0 aliphatic carbocycles. The first-order valence-electron chi connectivity index (χ1n) is 6.96. The third-order valence-corrected chi connectivity index (χ3v) is 3.47. The van der Waals surface area contributed by atoms with Gasteiger partial charge in [-0.15, -0.1) is 0 Å². The predicted molar refractivity (Wildman–Crippen MR) is 81.8 cm³/mol. The van der Waals surface area contributed by atoms with E-state index in [2.05, 4.69) is 25.1 Å². The Bertz CT molecular complexity index is 1000. The number of para-hydroxylation sites is 1. The van der Waals surface area contributed by atoms with Crippen LogP contribution in [0.1, 0.15) is 21.9 Å². The lowest BCUT2D eigenvalue weighted by atomic mass is 10.1. The number of ketones is 1. The van der Waals surface area contributed by atoms with Gasteiger partial charge in [0.2, 0.25) is 5.78 Å². The molecule has 7 heteroatoms.